The zero-order valence-corrected chi connectivity index (χ0v) is 17.3. The molecule has 2 aromatic carbocycles. The topological polar surface area (TPSA) is 119 Å². The normalized spacial score (nSPS) is 13.8. The first-order chi connectivity index (χ1) is 15.3. The molecule has 0 unspecified atom stereocenters. The van der Waals surface area contributed by atoms with Crippen LogP contribution in [0, 0.1) is 5.82 Å². The lowest BCUT2D eigenvalue weighted by Crippen LogP contribution is -2.45. The Labute approximate surface area is 183 Å². The molecule has 164 valence electrons. The van der Waals surface area contributed by atoms with Crippen LogP contribution in [0.1, 0.15) is 28.8 Å². The van der Waals surface area contributed by atoms with Gasteiger partial charge in [0.2, 0.25) is 5.91 Å². The number of imidazole rings is 1. The van der Waals surface area contributed by atoms with E-state index in [9.17, 15) is 18.8 Å². The Hall–Kier alpha value is -4.01. The predicted octanol–water partition coefficient (Wildman–Crippen LogP) is 2.57. The van der Waals surface area contributed by atoms with Gasteiger partial charge in [-0.1, -0.05) is 6.07 Å². The zero-order valence-electron chi connectivity index (χ0n) is 17.3. The van der Waals surface area contributed by atoms with Crippen LogP contribution in [0.5, 0.6) is 0 Å². The van der Waals surface area contributed by atoms with Crippen LogP contribution in [-0.2, 0) is 23.2 Å². The van der Waals surface area contributed by atoms with E-state index in [1.807, 2.05) is 17.7 Å². The molecule has 1 aliphatic heterocycles. The summed E-state index contributed by atoms with van der Waals surface area (Å²) in [5.74, 6) is -2.50. The van der Waals surface area contributed by atoms with Gasteiger partial charge in [0.05, 0.1) is 17.7 Å². The van der Waals surface area contributed by atoms with E-state index < -0.39 is 17.9 Å². The van der Waals surface area contributed by atoms with Gasteiger partial charge in [0.15, 0.2) is 0 Å². The van der Waals surface area contributed by atoms with Gasteiger partial charge in [0.25, 0.3) is 5.91 Å². The summed E-state index contributed by atoms with van der Waals surface area (Å²) in [6, 6.07) is 10.4. The van der Waals surface area contributed by atoms with Crippen LogP contribution in [0.3, 0.4) is 0 Å². The standard InChI is InChI=1S/C23H21FN4O4/c1-27-12-26-20(21(27)13-2-5-16(24)6-3-13)14-4-7-17-15(10-14)11-28(23(17)32)18(22(25)31)8-9-19(29)30/h2-7,10,12,18H,8-9,11H2,1H3,(H2,25,31)(H,29,30)/t18-/m0/s1. The first-order valence-corrected chi connectivity index (χ1v) is 9.99. The first kappa shape index (κ1) is 21.2. The van der Waals surface area contributed by atoms with E-state index in [2.05, 4.69) is 4.98 Å². The highest BCUT2D eigenvalue weighted by Gasteiger charge is 2.36. The number of halogens is 1. The Kier molecular flexibility index (Phi) is 5.48. The molecule has 2 amide bonds. The van der Waals surface area contributed by atoms with Crippen molar-refractivity contribution in [2.75, 3.05) is 0 Å². The number of carbonyl (C=O) groups is 3. The minimum atomic E-state index is -1.06. The quantitative estimate of drug-likeness (QED) is 0.590. The number of aliphatic carboxylic acids is 1. The van der Waals surface area contributed by atoms with Crippen molar-refractivity contribution >= 4 is 17.8 Å². The lowest BCUT2D eigenvalue weighted by molar-refractivity contribution is -0.137. The number of carboxylic acids is 1. The van der Waals surface area contributed by atoms with Crippen molar-refractivity contribution in [3.05, 3.63) is 65.7 Å². The van der Waals surface area contributed by atoms with Crippen molar-refractivity contribution in [1.29, 1.82) is 0 Å². The number of aryl methyl sites for hydroxylation is 1. The molecular weight excluding hydrogens is 415 g/mol. The number of rotatable bonds is 7. The average molecular weight is 436 g/mol. The first-order valence-electron chi connectivity index (χ1n) is 9.99. The number of carbonyl (C=O) groups excluding carboxylic acids is 2. The smallest absolute Gasteiger partial charge is 0.303 e. The van der Waals surface area contributed by atoms with Crippen LogP contribution in [0.4, 0.5) is 4.39 Å². The minimum Gasteiger partial charge on any atom is -0.481 e. The largest absolute Gasteiger partial charge is 0.481 e. The molecule has 0 radical (unpaired) electrons. The predicted molar refractivity (Wildman–Crippen MR) is 114 cm³/mol. The van der Waals surface area contributed by atoms with E-state index in [1.54, 1.807) is 30.6 Å². The number of amides is 2. The second-order valence-corrected chi connectivity index (χ2v) is 7.72. The fourth-order valence-electron chi connectivity index (χ4n) is 4.04. The van der Waals surface area contributed by atoms with Gasteiger partial charge in [-0.25, -0.2) is 9.37 Å². The van der Waals surface area contributed by atoms with Gasteiger partial charge in [-0.2, -0.15) is 0 Å². The molecule has 0 saturated carbocycles. The second-order valence-electron chi connectivity index (χ2n) is 7.72. The van der Waals surface area contributed by atoms with Crippen LogP contribution in [0.25, 0.3) is 22.5 Å². The molecule has 0 saturated heterocycles. The lowest BCUT2D eigenvalue weighted by atomic mass is 10.0. The monoisotopic (exact) mass is 436 g/mol. The maximum absolute atomic E-state index is 13.4. The summed E-state index contributed by atoms with van der Waals surface area (Å²) in [6.45, 7) is 0.147. The molecule has 0 spiro atoms. The fraction of sp³-hybridized carbons (Fsp3) is 0.217. The van der Waals surface area contributed by atoms with Gasteiger partial charge in [-0.15, -0.1) is 0 Å². The van der Waals surface area contributed by atoms with E-state index in [0.29, 0.717) is 16.8 Å². The Morgan fingerprint density at radius 3 is 2.53 bits per heavy atom. The van der Waals surface area contributed by atoms with Gasteiger partial charge in [-0.3, -0.25) is 14.4 Å². The number of nitrogens with zero attached hydrogens (tertiary/aromatic N) is 3. The van der Waals surface area contributed by atoms with Crippen molar-refractivity contribution in [1.82, 2.24) is 14.5 Å². The third-order valence-corrected chi connectivity index (χ3v) is 5.60. The summed E-state index contributed by atoms with van der Waals surface area (Å²) < 4.78 is 15.2. The van der Waals surface area contributed by atoms with Gasteiger partial charge >= 0.3 is 5.97 Å². The molecule has 4 rings (SSSR count). The maximum atomic E-state index is 13.4. The number of primary amides is 1. The van der Waals surface area contributed by atoms with Gasteiger partial charge < -0.3 is 20.3 Å². The van der Waals surface area contributed by atoms with Gasteiger partial charge in [-0.05, 0) is 48.4 Å². The highest BCUT2D eigenvalue weighted by atomic mass is 19.1. The molecule has 3 N–H and O–H groups in total. The third-order valence-electron chi connectivity index (χ3n) is 5.60. The molecule has 1 atom stereocenters. The van der Waals surface area contributed by atoms with Crippen LogP contribution < -0.4 is 5.73 Å². The maximum Gasteiger partial charge on any atom is 0.303 e. The molecule has 0 aliphatic carbocycles. The van der Waals surface area contributed by atoms with Crippen LogP contribution in [0.2, 0.25) is 0 Å². The van der Waals surface area contributed by atoms with E-state index in [0.717, 1.165) is 16.8 Å². The molecule has 1 aliphatic rings. The van der Waals surface area contributed by atoms with Crippen molar-refractivity contribution in [2.24, 2.45) is 12.8 Å². The number of carboxylic acid groups (broad SMARTS) is 1. The van der Waals surface area contributed by atoms with Crippen molar-refractivity contribution in [3.63, 3.8) is 0 Å². The average Bonchev–Trinajstić information content (AvgIpc) is 3.28. The molecule has 3 aromatic rings. The van der Waals surface area contributed by atoms with Crippen molar-refractivity contribution < 1.29 is 23.9 Å². The molecule has 0 bridgehead atoms. The van der Waals surface area contributed by atoms with E-state index >= 15 is 0 Å². The van der Waals surface area contributed by atoms with E-state index in [1.165, 1.54) is 17.0 Å². The molecular formula is C23H21FN4O4. The van der Waals surface area contributed by atoms with Gasteiger partial charge in [0, 0.05) is 36.7 Å². The number of hydrogen-bond donors (Lipinski definition) is 2. The number of aromatic nitrogens is 2. The number of benzene rings is 2. The second kappa shape index (κ2) is 8.26. The molecule has 8 nitrogen and oxygen atoms in total. The number of hydrogen-bond acceptors (Lipinski definition) is 4. The highest BCUT2D eigenvalue weighted by molar-refractivity contribution is 6.01. The summed E-state index contributed by atoms with van der Waals surface area (Å²) in [6.07, 6.45) is 1.34. The Morgan fingerprint density at radius 2 is 1.88 bits per heavy atom. The molecule has 0 fully saturated rings. The van der Waals surface area contributed by atoms with E-state index in [-0.39, 0.29) is 31.1 Å². The van der Waals surface area contributed by atoms with Crippen LogP contribution in [0.15, 0.2) is 48.8 Å². The van der Waals surface area contributed by atoms with Gasteiger partial charge in [0.1, 0.15) is 11.9 Å². The van der Waals surface area contributed by atoms with Crippen molar-refractivity contribution in [3.8, 4) is 22.5 Å². The number of nitrogens with two attached hydrogens (primary N) is 1. The van der Waals surface area contributed by atoms with Crippen LogP contribution >= 0.6 is 0 Å². The number of fused-ring (bicyclic) bond motifs is 1. The highest BCUT2D eigenvalue weighted by Crippen LogP contribution is 2.34. The molecule has 9 heteroatoms. The van der Waals surface area contributed by atoms with Crippen molar-refractivity contribution in [2.45, 2.75) is 25.4 Å². The summed E-state index contributed by atoms with van der Waals surface area (Å²) in [4.78, 5) is 41.5. The lowest BCUT2D eigenvalue weighted by Gasteiger charge is -2.24. The summed E-state index contributed by atoms with van der Waals surface area (Å²) in [5, 5.41) is 8.94. The Bertz CT molecular complexity index is 1220. The third kappa shape index (κ3) is 3.84. The molecule has 2 heterocycles. The SMILES string of the molecule is Cn1cnc(-c2ccc3c(c2)CN([C@@H](CCC(=O)O)C(N)=O)C3=O)c1-c1ccc(F)cc1. The summed E-state index contributed by atoms with van der Waals surface area (Å²) in [7, 11) is 1.84. The summed E-state index contributed by atoms with van der Waals surface area (Å²) in [5.41, 5.74) is 9.61. The minimum absolute atomic E-state index is 0.0494. The van der Waals surface area contributed by atoms with E-state index in [4.69, 9.17) is 10.8 Å². The zero-order chi connectivity index (χ0) is 23.0. The Morgan fingerprint density at radius 1 is 1.19 bits per heavy atom. The Balaban J connectivity index is 1.67. The summed E-state index contributed by atoms with van der Waals surface area (Å²) >= 11 is 0. The van der Waals surface area contributed by atoms with Crippen LogP contribution in [-0.4, -0.2) is 43.4 Å². The molecule has 1 aromatic heterocycles. The molecule has 32 heavy (non-hydrogen) atoms. The fourth-order valence-corrected chi connectivity index (χ4v) is 4.04.